The first-order chi connectivity index (χ1) is 6.24. The molecule has 1 radical (unpaired) electrons. The second kappa shape index (κ2) is 8.59. The fourth-order valence-corrected chi connectivity index (χ4v) is 1.81. The fraction of sp³-hybridized carbons (Fsp3) is 0.923. The molecule has 0 saturated carbocycles. The van der Waals surface area contributed by atoms with Gasteiger partial charge < -0.3 is 0 Å². The molecule has 0 aromatic heterocycles. The maximum Gasteiger partial charge on any atom is -0.0414 e. The molecule has 0 heterocycles. The Balaban J connectivity index is 3.50. The topological polar surface area (TPSA) is 0 Å². The van der Waals surface area contributed by atoms with Gasteiger partial charge in [0.15, 0.2) is 0 Å². The predicted molar refractivity (Wildman–Crippen MR) is 61.7 cm³/mol. The third-order valence-electron chi connectivity index (χ3n) is 3.04. The molecular weight excluding hydrogens is 156 g/mol. The van der Waals surface area contributed by atoms with E-state index in [-0.39, 0.29) is 0 Å². The van der Waals surface area contributed by atoms with E-state index in [1.54, 1.807) is 0 Å². The van der Waals surface area contributed by atoms with Crippen molar-refractivity contribution in [3.8, 4) is 0 Å². The van der Waals surface area contributed by atoms with E-state index < -0.39 is 0 Å². The third-order valence-corrected chi connectivity index (χ3v) is 3.04. The summed E-state index contributed by atoms with van der Waals surface area (Å²) in [6.45, 7) is 11.0. The van der Waals surface area contributed by atoms with E-state index >= 15 is 0 Å². The summed E-state index contributed by atoms with van der Waals surface area (Å²) in [5.41, 5.74) is 0. The van der Waals surface area contributed by atoms with E-state index in [0.717, 1.165) is 5.92 Å². The normalized spacial score (nSPS) is 15.7. The van der Waals surface area contributed by atoms with Crippen LogP contribution in [0, 0.1) is 18.8 Å². The van der Waals surface area contributed by atoms with Crippen LogP contribution in [0.4, 0.5) is 0 Å². The monoisotopic (exact) mass is 183 g/mol. The molecule has 2 atom stereocenters. The lowest BCUT2D eigenvalue weighted by Crippen LogP contribution is -2.05. The van der Waals surface area contributed by atoms with Crippen molar-refractivity contribution in [2.24, 2.45) is 11.8 Å². The van der Waals surface area contributed by atoms with Crippen LogP contribution < -0.4 is 0 Å². The summed E-state index contributed by atoms with van der Waals surface area (Å²) in [4.78, 5) is 0. The van der Waals surface area contributed by atoms with Crippen LogP contribution in [0.2, 0.25) is 0 Å². The minimum atomic E-state index is 0.687. The lowest BCUT2D eigenvalue weighted by molar-refractivity contribution is 0.362. The van der Waals surface area contributed by atoms with Crippen LogP contribution >= 0.6 is 0 Å². The summed E-state index contributed by atoms with van der Waals surface area (Å²) in [6.07, 6.45) is 9.53. The van der Waals surface area contributed by atoms with Crippen LogP contribution in [0.25, 0.3) is 0 Å². The predicted octanol–water partition coefficient (Wildman–Crippen LogP) is 4.84. The van der Waals surface area contributed by atoms with Crippen molar-refractivity contribution < 1.29 is 0 Å². The molecule has 0 heteroatoms. The second-order valence-electron chi connectivity index (χ2n) is 4.28. The van der Waals surface area contributed by atoms with Crippen LogP contribution in [0.5, 0.6) is 0 Å². The summed E-state index contributed by atoms with van der Waals surface area (Å²) >= 11 is 0. The molecule has 0 saturated heterocycles. The Hall–Kier alpha value is 0. The van der Waals surface area contributed by atoms with Gasteiger partial charge in [-0.3, -0.25) is 0 Å². The molecular formula is C13H27. The maximum atomic E-state index is 4.17. The van der Waals surface area contributed by atoms with Crippen LogP contribution in [0.15, 0.2) is 0 Å². The molecule has 0 nitrogen and oxygen atoms in total. The smallest absolute Gasteiger partial charge is 0.0414 e. The summed E-state index contributed by atoms with van der Waals surface area (Å²) in [6, 6.07) is 0. The molecule has 13 heavy (non-hydrogen) atoms. The Bertz CT molecular complexity index is 96.2. The highest BCUT2D eigenvalue weighted by molar-refractivity contribution is 4.66. The van der Waals surface area contributed by atoms with Gasteiger partial charge in [0.05, 0.1) is 0 Å². The summed E-state index contributed by atoms with van der Waals surface area (Å²) in [5, 5.41) is 0. The zero-order valence-electron chi connectivity index (χ0n) is 9.81. The van der Waals surface area contributed by atoms with Crippen molar-refractivity contribution in [2.45, 2.75) is 65.7 Å². The first kappa shape index (κ1) is 13.0. The summed E-state index contributed by atoms with van der Waals surface area (Å²) < 4.78 is 0. The zero-order valence-corrected chi connectivity index (χ0v) is 9.81. The van der Waals surface area contributed by atoms with Crippen LogP contribution in [-0.4, -0.2) is 0 Å². The minimum absolute atomic E-state index is 0.687. The van der Waals surface area contributed by atoms with Gasteiger partial charge in [0.25, 0.3) is 0 Å². The molecule has 0 aromatic carbocycles. The molecule has 79 valence electrons. The van der Waals surface area contributed by atoms with E-state index in [9.17, 15) is 0 Å². The number of rotatable bonds is 8. The highest BCUT2D eigenvalue weighted by Gasteiger charge is 2.09. The van der Waals surface area contributed by atoms with Gasteiger partial charge in [-0.15, -0.1) is 0 Å². The van der Waals surface area contributed by atoms with Gasteiger partial charge in [-0.1, -0.05) is 66.2 Å². The molecule has 0 spiro atoms. The highest BCUT2D eigenvalue weighted by Crippen LogP contribution is 2.22. The van der Waals surface area contributed by atoms with Crippen molar-refractivity contribution in [1.82, 2.24) is 0 Å². The van der Waals surface area contributed by atoms with Crippen molar-refractivity contribution in [2.75, 3.05) is 0 Å². The van der Waals surface area contributed by atoms with Gasteiger partial charge in [0.1, 0.15) is 0 Å². The maximum absolute atomic E-state index is 4.17. The number of hydrogen-bond donors (Lipinski definition) is 0. The standard InChI is InChI=1S/C13H27/c1-5-8-9-10-13(7-3)11-12(4)6-2/h12-13H,4-11H2,1-3H3. The Morgan fingerprint density at radius 3 is 2.15 bits per heavy atom. The molecule has 0 bridgehead atoms. The molecule has 0 aliphatic heterocycles. The van der Waals surface area contributed by atoms with Gasteiger partial charge >= 0.3 is 0 Å². The summed E-state index contributed by atoms with van der Waals surface area (Å²) in [5.74, 6) is 1.63. The lowest BCUT2D eigenvalue weighted by Gasteiger charge is -2.18. The lowest BCUT2D eigenvalue weighted by atomic mass is 9.88. The zero-order chi connectivity index (χ0) is 10.1. The Labute approximate surface area is 85.1 Å². The molecule has 0 rings (SSSR count). The molecule has 0 N–H and O–H groups in total. The van der Waals surface area contributed by atoms with Crippen LogP contribution in [-0.2, 0) is 0 Å². The molecule has 0 aliphatic rings. The SMILES string of the molecule is [CH2]C(CC)CC(CC)CCCCC. The van der Waals surface area contributed by atoms with Gasteiger partial charge in [0.2, 0.25) is 0 Å². The van der Waals surface area contributed by atoms with Crippen molar-refractivity contribution in [3.05, 3.63) is 6.92 Å². The van der Waals surface area contributed by atoms with E-state index in [1.165, 1.54) is 44.9 Å². The first-order valence-electron chi connectivity index (χ1n) is 6.07. The molecule has 0 amide bonds. The van der Waals surface area contributed by atoms with Crippen LogP contribution in [0.3, 0.4) is 0 Å². The van der Waals surface area contributed by atoms with E-state index in [0.29, 0.717) is 5.92 Å². The Kier molecular flexibility index (Phi) is 8.59. The summed E-state index contributed by atoms with van der Waals surface area (Å²) in [7, 11) is 0. The Morgan fingerprint density at radius 1 is 1.00 bits per heavy atom. The average molecular weight is 183 g/mol. The van der Waals surface area contributed by atoms with E-state index in [4.69, 9.17) is 0 Å². The third kappa shape index (κ3) is 7.10. The number of hydrogen-bond acceptors (Lipinski definition) is 0. The molecule has 0 aliphatic carbocycles. The Morgan fingerprint density at radius 2 is 1.69 bits per heavy atom. The van der Waals surface area contributed by atoms with Gasteiger partial charge in [-0.2, -0.15) is 0 Å². The second-order valence-corrected chi connectivity index (χ2v) is 4.28. The van der Waals surface area contributed by atoms with E-state index in [1.807, 2.05) is 0 Å². The first-order valence-corrected chi connectivity index (χ1v) is 6.07. The average Bonchev–Trinajstić information content (AvgIpc) is 2.16. The number of unbranched alkanes of at least 4 members (excludes halogenated alkanes) is 2. The fourth-order valence-electron chi connectivity index (χ4n) is 1.81. The quantitative estimate of drug-likeness (QED) is 0.472. The van der Waals surface area contributed by atoms with Gasteiger partial charge in [-0.05, 0) is 18.3 Å². The molecule has 0 aromatic rings. The molecule has 2 unspecified atom stereocenters. The van der Waals surface area contributed by atoms with Crippen molar-refractivity contribution in [3.63, 3.8) is 0 Å². The highest BCUT2D eigenvalue weighted by atomic mass is 14.1. The van der Waals surface area contributed by atoms with E-state index in [2.05, 4.69) is 27.7 Å². The van der Waals surface area contributed by atoms with Crippen LogP contribution in [0.1, 0.15) is 65.7 Å². The van der Waals surface area contributed by atoms with Crippen molar-refractivity contribution >= 4 is 0 Å². The molecule has 0 fully saturated rings. The largest absolute Gasteiger partial charge is 0.0654 e. The van der Waals surface area contributed by atoms with Crippen molar-refractivity contribution in [1.29, 1.82) is 0 Å². The van der Waals surface area contributed by atoms with Gasteiger partial charge in [0, 0.05) is 0 Å². The minimum Gasteiger partial charge on any atom is -0.0654 e. The van der Waals surface area contributed by atoms with Gasteiger partial charge in [-0.25, -0.2) is 0 Å².